The number of hydrogen-bond acceptors (Lipinski definition) is 7. The predicted molar refractivity (Wildman–Crippen MR) is 164 cm³/mol. The van der Waals surface area contributed by atoms with Gasteiger partial charge in [-0.15, -0.1) is 0 Å². The molecule has 0 aliphatic heterocycles. The highest BCUT2D eigenvalue weighted by atomic mass is 16.5. The van der Waals surface area contributed by atoms with Gasteiger partial charge in [0, 0.05) is 24.0 Å². The van der Waals surface area contributed by atoms with E-state index in [0.29, 0.717) is 48.1 Å². The van der Waals surface area contributed by atoms with Crippen LogP contribution in [0, 0.1) is 0 Å². The number of aliphatic hydroxyl groups excluding tert-OH is 1. The lowest BCUT2D eigenvalue weighted by Crippen LogP contribution is -2.22. The molecule has 5 rings (SSSR count). The van der Waals surface area contributed by atoms with Gasteiger partial charge in [-0.2, -0.15) is 0 Å². The largest absolute Gasteiger partial charge is 0.508 e. The fourth-order valence-corrected chi connectivity index (χ4v) is 5.91. The van der Waals surface area contributed by atoms with E-state index in [4.69, 9.17) is 4.74 Å². The SMILES string of the molecule is COc1cc(O)c([C@@H](/C=C/C[C@@H](O)CCc2ccc(O)cc2)c2ccc(O)cc2)c2c1C(=O)CC(c1ccc(O)cc1)C2. The van der Waals surface area contributed by atoms with E-state index in [-0.39, 0.29) is 41.1 Å². The number of aliphatic hydroxyl groups is 1. The fourth-order valence-electron chi connectivity index (χ4n) is 5.91. The average Bonchev–Trinajstić information content (AvgIpc) is 3.00. The number of carbonyl (C=O) groups is 1. The van der Waals surface area contributed by atoms with E-state index >= 15 is 0 Å². The molecule has 3 atom stereocenters. The normalized spacial score (nSPS) is 16.1. The van der Waals surface area contributed by atoms with E-state index in [1.165, 1.54) is 13.2 Å². The molecule has 5 N–H and O–H groups in total. The van der Waals surface area contributed by atoms with E-state index < -0.39 is 12.0 Å². The molecule has 7 nitrogen and oxygen atoms in total. The van der Waals surface area contributed by atoms with Crippen molar-refractivity contribution in [1.29, 1.82) is 0 Å². The standard InChI is InChI=1S/C36H36O7/c1-43-34-21-33(42)35(31-19-25(20-32(41)36(31)34)23-8-15-28(39)16-9-23)30(24-10-17-29(40)18-11-24)4-2-3-26(37)12-5-22-6-13-27(38)14-7-22/h2,4,6-11,13-18,21,25-26,30,37-40,42H,3,5,12,19-20H2,1H3/b4-2+/t25?,26-,30+/m1/s1. The summed E-state index contributed by atoms with van der Waals surface area (Å²) in [6.45, 7) is 0. The molecule has 4 aromatic rings. The van der Waals surface area contributed by atoms with Gasteiger partial charge in [0.15, 0.2) is 5.78 Å². The van der Waals surface area contributed by atoms with Crippen molar-refractivity contribution >= 4 is 5.78 Å². The molecule has 1 aliphatic carbocycles. The van der Waals surface area contributed by atoms with E-state index in [2.05, 4.69) is 0 Å². The molecule has 1 aliphatic rings. The third-order valence-corrected chi connectivity index (χ3v) is 8.17. The van der Waals surface area contributed by atoms with E-state index in [1.807, 2.05) is 36.4 Å². The molecule has 0 aromatic heterocycles. The Morgan fingerprint density at radius 1 is 0.860 bits per heavy atom. The lowest BCUT2D eigenvalue weighted by molar-refractivity contribution is 0.0960. The fraction of sp³-hybridized carbons (Fsp3) is 0.250. The molecule has 0 spiro atoms. The molecule has 1 unspecified atom stereocenters. The number of Topliss-reactive ketones (excluding diaryl/α,β-unsaturated/α-hetero) is 1. The summed E-state index contributed by atoms with van der Waals surface area (Å²) in [5.41, 5.74) is 4.46. The molecular formula is C36H36O7. The molecule has 4 aromatic carbocycles. The number of phenolic OH excluding ortho intramolecular Hbond substituents is 4. The van der Waals surface area contributed by atoms with Crippen molar-refractivity contribution in [3.63, 3.8) is 0 Å². The van der Waals surface area contributed by atoms with Crippen molar-refractivity contribution in [3.8, 4) is 28.7 Å². The summed E-state index contributed by atoms with van der Waals surface area (Å²) in [6.07, 6.45) is 5.51. The molecular weight excluding hydrogens is 544 g/mol. The van der Waals surface area contributed by atoms with Gasteiger partial charge >= 0.3 is 0 Å². The smallest absolute Gasteiger partial charge is 0.167 e. The number of methoxy groups -OCH3 is 1. The first-order chi connectivity index (χ1) is 20.7. The highest BCUT2D eigenvalue weighted by molar-refractivity contribution is 6.02. The van der Waals surface area contributed by atoms with Crippen LogP contribution in [0.3, 0.4) is 0 Å². The molecule has 0 bridgehead atoms. The minimum atomic E-state index is -0.607. The van der Waals surface area contributed by atoms with Crippen LogP contribution in [0.5, 0.6) is 28.7 Å². The molecule has 0 saturated carbocycles. The van der Waals surface area contributed by atoms with Crippen molar-refractivity contribution in [2.45, 2.75) is 50.0 Å². The predicted octanol–water partition coefficient (Wildman–Crippen LogP) is 6.50. The van der Waals surface area contributed by atoms with Gasteiger partial charge in [0.1, 0.15) is 28.7 Å². The molecule has 0 radical (unpaired) electrons. The number of phenols is 4. The van der Waals surface area contributed by atoms with Gasteiger partial charge in [0.05, 0.1) is 18.8 Å². The lowest BCUT2D eigenvalue weighted by Gasteiger charge is -2.30. The van der Waals surface area contributed by atoms with Gasteiger partial charge in [-0.25, -0.2) is 0 Å². The number of ketones is 1. The van der Waals surface area contributed by atoms with Crippen LogP contribution < -0.4 is 4.74 Å². The number of allylic oxidation sites excluding steroid dienone is 1. The summed E-state index contributed by atoms with van der Waals surface area (Å²) in [4.78, 5) is 13.6. The number of benzene rings is 4. The molecule has 222 valence electrons. The maximum absolute atomic E-state index is 13.6. The lowest BCUT2D eigenvalue weighted by atomic mass is 9.74. The van der Waals surface area contributed by atoms with Gasteiger partial charge in [-0.1, -0.05) is 48.6 Å². The van der Waals surface area contributed by atoms with Crippen molar-refractivity contribution in [2.75, 3.05) is 7.11 Å². The number of aryl methyl sites for hydroxylation is 1. The highest BCUT2D eigenvalue weighted by Crippen LogP contribution is 2.46. The number of hydrogen-bond donors (Lipinski definition) is 5. The zero-order valence-electron chi connectivity index (χ0n) is 24.0. The first-order valence-corrected chi connectivity index (χ1v) is 14.4. The molecule has 0 fully saturated rings. The molecule has 0 heterocycles. The Bertz CT molecular complexity index is 1590. The quantitative estimate of drug-likeness (QED) is 0.135. The molecule has 7 heteroatoms. The van der Waals surface area contributed by atoms with E-state index in [0.717, 1.165) is 16.7 Å². The van der Waals surface area contributed by atoms with Crippen LogP contribution in [-0.4, -0.2) is 44.5 Å². The van der Waals surface area contributed by atoms with E-state index in [9.17, 15) is 30.3 Å². The van der Waals surface area contributed by atoms with Gasteiger partial charge in [-0.3, -0.25) is 4.79 Å². The summed E-state index contributed by atoms with van der Waals surface area (Å²) in [5, 5.41) is 51.4. The van der Waals surface area contributed by atoms with E-state index in [1.54, 1.807) is 48.5 Å². The van der Waals surface area contributed by atoms with Crippen molar-refractivity contribution in [2.24, 2.45) is 0 Å². The van der Waals surface area contributed by atoms with Gasteiger partial charge in [0.25, 0.3) is 0 Å². The van der Waals surface area contributed by atoms with Crippen molar-refractivity contribution in [3.05, 3.63) is 124 Å². The molecule has 0 saturated heterocycles. The average molecular weight is 581 g/mol. The number of ether oxygens (including phenoxy) is 1. The number of aromatic hydroxyl groups is 4. The first-order valence-electron chi connectivity index (χ1n) is 14.4. The number of fused-ring (bicyclic) bond motifs is 1. The minimum absolute atomic E-state index is 0.00893. The third-order valence-electron chi connectivity index (χ3n) is 8.17. The Hall–Kier alpha value is -4.75. The van der Waals surface area contributed by atoms with Crippen LogP contribution in [-0.2, 0) is 12.8 Å². The van der Waals surface area contributed by atoms with Crippen LogP contribution in [0.2, 0.25) is 0 Å². The Labute approximate surface area is 251 Å². The van der Waals surface area contributed by atoms with Crippen molar-refractivity contribution < 1.29 is 35.1 Å². The Morgan fingerprint density at radius 3 is 2.09 bits per heavy atom. The second-order valence-electron chi connectivity index (χ2n) is 11.1. The molecule has 43 heavy (non-hydrogen) atoms. The Kier molecular flexibility index (Phi) is 9.02. The monoisotopic (exact) mass is 580 g/mol. The van der Waals surface area contributed by atoms with Crippen LogP contribution in [0.15, 0.2) is 91.0 Å². The topological polar surface area (TPSA) is 127 Å². The summed E-state index contributed by atoms with van der Waals surface area (Å²) in [6, 6.07) is 22.0. The van der Waals surface area contributed by atoms with Crippen molar-refractivity contribution in [1.82, 2.24) is 0 Å². The summed E-state index contributed by atoms with van der Waals surface area (Å²) in [7, 11) is 1.48. The maximum Gasteiger partial charge on any atom is 0.167 e. The van der Waals surface area contributed by atoms with Gasteiger partial charge in [0.2, 0.25) is 0 Å². The van der Waals surface area contributed by atoms with Crippen LogP contribution in [0.1, 0.15) is 69.3 Å². The maximum atomic E-state index is 13.6. The minimum Gasteiger partial charge on any atom is -0.508 e. The zero-order valence-corrected chi connectivity index (χ0v) is 24.0. The summed E-state index contributed by atoms with van der Waals surface area (Å²) >= 11 is 0. The third kappa shape index (κ3) is 6.84. The Morgan fingerprint density at radius 2 is 1.47 bits per heavy atom. The first kappa shape index (κ1) is 29.7. The van der Waals surface area contributed by atoms with Crippen LogP contribution >= 0.6 is 0 Å². The number of carbonyl (C=O) groups excluding carboxylic acids is 1. The Balaban J connectivity index is 1.49. The molecule has 0 amide bonds. The van der Waals surface area contributed by atoms with Crippen LogP contribution in [0.4, 0.5) is 0 Å². The summed E-state index contributed by atoms with van der Waals surface area (Å²) < 4.78 is 5.55. The second kappa shape index (κ2) is 13.0. The highest BCUT2D eigenvalue weighted by Gasteiger charge is 2.34. The van der Waals surface area contributed by atoms with Crippen LogP contribution in [0.25, 0.3) is 0 Å². The second-order valence-corrected chi connectivity index (χ2v) is 11.1. The van der Waals surface area contributed by atoms with Gasteiger partial charge in [-0.05, 0) is 90.3 Å². The summed E-state index contributed by atoms with van der Waals surface area (Å²) in [5.74, 6) is 0.0543. The zero-order chi connectivity index (χ0) is 30.5. The van der Waals surface area contributed by atoms with Gasteiger partial charge < -0.3 is 30.3 Å². The number of rotatable bonds is 10.